The number of ether oxygens (including phenoxy) is 1. The summed E-state index contributed by atoms with van der Waals surface area (Å²) in [5.41, 5.74) is 0.809. The third-order valence-corrected chi connectivity index (χ3v) is 7.26. The van der Waals surface area contributed by atoms with Crippen LogP contribution in [0.1, 0.15) is 22.1 Å². The van der Waals surface area contributed by atoms with Gasteiger partial charge in [-0.2, -0.15) is 4.72 Å². The van der Waals surface area contributed by atoms with Crippen LogP contribution in [-0.4, -0.2) is 25.7 Å². The quantitative estimate of drug-likeness (QED) is 0.165. The number of esters is 1. The Morgan fingerprint density at radius 1 is 1.16 bits per heavy atom. The summed E-state index contributed by atoms with van der Waals surface area (Å²) in [6, 6.07) is 9.66. The van der Waals surface area contributed by atoms with Crippen molar-refractivity contribution in [2.24, 2.45) is 0 Å². The standard InChI is InChI=1S/C15H12I3NO5S/c1-25(22,23)19-14(20)8-2-4-10(5-3-8)24-15(21)11-6-9(16)7-12(17)13(11)18/h2-7,14,19-20H,1H3. The fourth-order valence-corrected chi connectivity index (χ4v) is 4.77. The lowest BCUT2D eigenvalue weighted by molar-refractivity contribution is 0.0733. The maximum Gasteiger partial charge on any atom is 0.344 e. The number of nitrogens with one attached hydrogen (secondary N) is 1. The molecule has 0 heterocycles. The molecule has 0 bridgehead atoms. The lowest BCUT2D eigenvalue weighted by Crippen LogP contribution is -2.27. The second kappa shape index (κ2) is 8.77. The van der Waals surface area contributed by atoms with E-state index < -0.39 is 22.2 Å². The SMILES string of the molecule is CS(=O)(=O)NC(O)c1ccc(OC(=O)c2cc(I)cc(I)c2I)cc1. The lowest BCUT2D eigenvalue weighted by atomic mass is 10.2. The van der Waals surface area contributed by atoms with Gasteiger partial charge >= 0.3 is 5.97 Å². The number of hydrogen-bond donors (Lipinski definition) is 2. The summed E-state index contributed by atoms with van der Waals surface area (Å²) in [5, 5.41) is 9.80. The Morgan fingerprint density at radius 2 is 1.76 bits per heavy atom. The highest BCUT2D eigenvalue weighted by molar-refractivity contribution is 14.1. The summed E-state index contributed by atoms with van der Waals surface area (Å²) < 4.78 is 32.4. The Bertz CT molecular complexity index is 900. The van der Waals surface area contributed by atoms with E-state index >= 15 is 0 Å². The molecular formula is C15H12I3NO5S. The number of aliphatic hydroxyl groups is 1. The molecular weight excluding hydrogens is 687 g/mol. The van der Waals surface area contributed by atoms with Gasteiger partial charge in [-0.05, 0) is 97.6 Å². The molecule has 0 spiro atoms. The first-order valence-corrected chi connectivity index (χ1v) is 11.8. The Morgan fingerprint density at radius 3 is 2.32 bits per heavy atom. The Balaban J connectivity index is 2.15. The zero-order valence-corrected chi connectivity index (χ0v) is 20.0. The molecule has 1 atom stereocenters. The molecule has 0 amide bonds. The zero-order chi connectivity index (χ0) is 18.8. The molecule has 0 fully saturated rings. The molecule has 2 N–H and O–H groups in total. The summed E-state index contributed by atoms with van der Waals surface area (Å²) in [5.74, 6) is -0.187. The number of sulfonamides is 1. The average molecular weight is 699 g/mol. The van der Waals surface area contributed by atoms with E-state index in [1.165, 1.54) is 24.3 Å². The predicted octanol–water partition coefficient (Wildman–Crippen LogP) is 3.26. The second-order valence-electron chi connectivity index (χ2n) is 5.00. The lowest BCUT2D eigenvalue weighted by Gasteiger charge is -2.12. The van der Waals surface area contributed by atoms with Crippen LogP contribution in [0.4, 0.5) is 0 Å². The van der Waals surface area contributed by atoms with Gasteiger partial charge in [0.05, 0.1) is 11.8 Å². The minimum absolute atomic E-state index is 0.296. The summed E-state index contributed by atoms with van der Waals surface area (Å²) in [7, 11) is -3.54. The van der Waals surface area contributed by atoms with E-state index in [9.17, 15) is 18.3 Å². The van der Waals surface area contributed by atoms with Crippen molar-refractivity contribution in [1.29, 1.82) is 0 Å². The van der Waals surface area contributed by atoms with E-state index in [1.54, 1.807) is 6.07 Å². The van der Waals surface area contributed by atoms with Crippen molar-refractivity contribution < 1.29 is 23.1 Å². The van der Waals surface area contributed by atoms with Crippen molar-refractivity contribution in [2.45, 2.75) is 6.23 Å². The van der Waals surface area contributed by atoms with E-state index in [2.05, 4.69) is 72.5 Å². The minimum Gasteiger partial charge on any atom is -0.423 e. The fourth-order valence-electron chi connectivity index (χ4n) is 1.86. The largest absolute Gasteiger partial charge is 0.423 e. The number of hydrogen-bond acceptors (Lipinski definition) is 5. The molecule has 134 valence electrons. The Labute approximate surface area is 186 Å². The van der Waals surface area contributed by atoms with Crippen molar-refractivity contribution in [3.63, 3.8) is 0 Å². The molecule has 0 saturated carbocycles. The van der Waals surface area contributed by atoms with Crippen LogP contribution in [0.3, 0.4) is 0 Å². The van der Waals surface area contributed by atoms with Gasteiger partial charge < -0.3 is 9.84 Å². The number of aliphatic hydroxyl groups excluding tert-OH is 1. The smallest absolute Gasteiger partial charge is 0.344 e. The molecule has 0 saturated heterocycles. The van der Waals surface area contributed by atoms with Crippen molar-refractivity contribution >= 4 is 83.8 Å². The van der Waals surface area contributed by atoms with E-state index in [-0.39, 0.29) is 0 Å². The van der Waals surface area contributed by atoms with Crippen molar-refractivity contribution in [3.05, 3.63) is 58.2 Å². The highest BCUT2D eigenvalue weighted by Crippen LogP contribution is 2.25. The highest BCUT2D eigenvalue weighted by Gasteiger charge is 2.17. The molecule has 6 nitrogen and oxygen atoms in total. The number of carbonyl (C=O) groups excluding carboxylic acids is 1. The van der Waals surface area contributed by atoms with Gasteiger partial charge in [-0.15, -0.1) is 0 Å². The molecule has 0 aliphatic carbocycles. The van der Waals surface area contributed by atoms with Gasteiger partial charge in [0.2, 0.25) is 10.0 Å². The number of carbonyl (C=O) groups is 1. The number of benzene rings is 2. The van der Waals surface area contributed by atoms with Crippen LogP contribution in [-0.2, 0) is 10.0 Å². The molecule has 2 rings (SSSR count). The van der Waals surface area contributed by atoms with Gasteiger partial charge in [0.1, 0.15) is 12.0 Å². The third kappa shape index (κ3) is 6.27. The summed E-state index contributed by atoms with van der Waals surface area (Å²) in [6.07, 6.45) is -0.408. The Kier molecular flexibility index (Phi) is 7.46. The molecule has 10 heteroatoms. The first-order valence-electron chi connectivity index (χ1n) is 6.69. The van der Waals surface area contributed by atoms with E-state index in [4.69, 9.17) is 4.74 Å². The summed E-state index contributed by atoms with van der Waals surface area (Å²) in [4.78, 5) is 12.4. The first kappa shape index (κ1) is 21.3. The van der Waals surface area contributed by atoms with Crippen LogP contribution in [0.2, 0.25) is 0 Å². The third-order valence-electron chi connectivity index (χ3n) is 2.94. The number of rotatable bonds is 5. The van der Waals surface area contributed by atoms with E-state index in [0.29, 0.717) is 16.9 Å². The molecule has 2 aromatic rings. The molecule has 25 heavy (non-hydrogen) atoms. The molecule has 0 aliphatic heterocycles. The monoisotopic (exact) mass is 699 g/mol. The van der Waals surface area contributed by atoms with Gasteiger partial charge in [0.25, 0.3) is 0 Å². The fraction of sp³-hybridized carbons (Fsp3) is 0.133. The normalized spacial score (nSPS) is 12.7. The second-order valence-corrected chi connectivity index (χ2v) is 10.3. The Hall–Kier alpha value is -0.0300. The molecule has 0 aromatic heterocycles. The zero-order valence-electron chi connectivity index (χ0n) is 12.7. The topological polar surface area (TPSA) is 92.7 Å². The van der Waals surface area contributed by atoms with Gasteiger partial charge in [0.15, 0.2) is 0 Å². The summed E-state index contributed by atoms with van der Waals surface area (Å²) >= 11 is 6.39. The minimum atomic E-state index is -3.54. The average Bonchev–Trinajstić information content (AvgIpc) is 2.49. The van der Waals surface area contributed by atoms with Gasteiger partial charge in [-0.25, -0.2) is 13.2 Å². The van der Waals surface area contributed by atoms with Gasteiger partial charge in [-0.1, -0.05) is 12.1 Å². The van der Waals surface area contributed by atoms with Crippen molar-refractivity contribution in [3.8, 4) is 5.75 Å². The van der Waals surface area contributed by atoms with Crippen molar-refractivity contribution in [2.75, 3.05) is 6.26 Å². The summed E-state index contributed by atoms with van der Waals surface area (Å²) in [6.45, 7) is 0. The first-order chi connectivity index (χ1) is 11.6. The molecule has 0 radical (unpaired) electrons. The van der Waals surface area contributed by atoms with Crippen molar-refractivity contribution in [1.82, 2.24) is 4.72 Å². The van der Waals surface area contributed by atoms with Crippen LogP contribution in [0.5, 0.6) is 5.75 Å². The van der Waals surface area contributed by atoms with Gasteiger partial charge in [0, 0.05) is 10.7 Å². The van der Waals surface area contributed by atoms with E-state index in [0.717, 1.165) is 17.0 Å². The maximum atomic E-state index is 12.4. The van der Waals surface area contributed by atoms with Crippen LogP contribution < -0.4 is 9.46 Å². The number of halogens is 3. The highest BCUT2D eigenvalue weighted by atomic mass is 127. The molecule has 1 unspecified atom stereocenters. The molecule has 2 aromatic carbocycles. The van der Waals surface area contributed by atoms with Crippen LogP contribution >= 0.6 is 67.8 Å². The van der Waals surface area contributed by atoms with Gasteiger partial charge in [-0.3, -0.25) is 0 Å². The predicted molar refractivity (Wildman–Crippen MR) is 119 cm³/mol. The van der Waals surface area contributed by atoms with Crippen LogP contribution in [0.15, 0.2) is 36.4 Å². The molecule has 0 aliphatic rings. The van der Waals surface area contributed by atoms with Crippen LogP contribution in [0, 0.1) is 10.7 Å². The van der Waals surface area contributed by atoms with E-state index in [1.807, 2.05) is 6.07 Å². The maximum absolute atomic E-state index is 12.4. The van der Waals surface area contributed by atoms with Crippen LogP contribution in [0.25, 0.3) is 0 Å².